The van der Waals surface area contributed by atoms with E-state index in [1.54, 1.807) is 0 Å². The summed E-state index contributed by atoms with van der Waals surface area (Å²) in [6.45, 7) is 0.569. The predicted octanol–water partition coefficient (Wildman–Crippen LogP) is -0.415. The number of carbonyl (C=O) groups excluding carboxylic acids is 1. The van der Waals surface area contributed by atoms with Crippen LogP contribution in [0, 0.1) is 0 Å². The summed E-state index contributed by atoms with van der Waals surface area (Å²) in [6.07, 6.45) is 1.24. The molecule has 0 aromatic heterocycles. The molecule has 1 aliphatic rings. The lowest BCUT2D eigenvalue weighted by molar-refractivity contribution is -0.255. The van der Waals surface area contributed by atoms with E-state index in [2.05, 4.69) is 0 Å². The summed E-state index contributed by atoms with van der Waals surface area (Å²) >= 11 is 0. The third-order valence-electron chi connectivity index (χ3n) is 3.01. The zero-order valence-electron chi connectivity index (χ0n) is 10.2. The second-order valence-electron chi connectivity index (χ2n) is 4.46. The first-order valence-corrected chi connectivity index (χ1v) is 7.50. The number of benzene rings is 1. The molecule has 1 fully saturated rings. The van der Waals surface area contributed by atoms with Gasteiger partial charge in [0.2, 0.25) is 0 Å². The largest absolute Gasteiger partial charge is 0.545 e. The van der Waals surface area contributed by atoms with Crippen molar-refractivity contribution in [2.45, 2.75) is 23.8 Å². The molecule has 1 atom stereocenters. The van der Waals surface area contributed by atoms with Crippen molar-refractivity contribution in [1.29, 1.82) is 0 Å². The highest BCUT2D eigenvalue weighted by molar-refractivity contribution is 7.91. The lowest BCUT2D eigenvalue weighted by atomic mass is 10.2. The predicted molar refractivity (Wildman–Crippen MR) is 66.2 cm³/mol. The van der Waals surface area contributed by atoms with Crippen molar-refractivity contribution < 1.29 is 23.1 Å². The Kier molecular flexibility index (Phi) is 3.77. The lowest BCUT2D eigenvalue weighted by Crippen LogP contribution is -2.24. The van der Waals surface area contributed by atoms with E-state index in [9.17, 15) is 18.3 Å². The summed E-state index contributed by atoms with van der Waals surface area (Å²) in [5.41, 5.74) is 5.38. The maximum Gasteiger partial charge on any atom is 0.182 e. The zero-order valence-corrected chi connectivity index (χ0v) is 11.0. The van der Waals surface area contributed by atoms with Crippen LogP contribution in [0.2, 0.25) is 0 Å². The van der Waals surface area contributed by atoms with E-state index in [1.165, 1.54) is 12.1 Å². The maximum atomic E-state index is 12.2. The smallest absolute Gasteiger partial charge is 0.182 e. The zero-order chi connectivity index (χ0) is 14.0. The van der Waals surface area contributed by atoms with Gasteiger partial charge in [-0.2, -0.15) is 0 Å². The second kappa shape index (κ2) is 5.18. The van der Waals surface area contributed by atoms with Crippen molar-refractivity contribution in [2.24, 2.45) is 0 Å². The van der Waals surface area contributed by atoms with Crippen LogP contribution in [0.5, 0.6) is 0 Å². The standard InChI is InChI=1S/C12H15NO5S/c13-10-6-8(12(14)15)3-4-11(10)19(16,17)7-9-2-1-5-18-9/h3-4,6,9H,1-2,5,7,13H2,(H,14,15)/p-1. The van der Waals surface area contributed by atoms with Crippen LogP contribution in [0.3, 0.4) is 0 Å². The van der Waals surface area contributed by atoms with Crippen LogP contribution in [0.4, 0.5) is 5.69 Å². The van der Waals surface area contributed by atoms with E-state index in [-0.39, 0.29) is 28.0 Å². The Morgan fingerprint density at radius 2 is 2.21 bits per heavy atom. The van der Waals surface area contributed by atoms with E-state index in [4.69, 9.17) is 10.5 Å². The van der Waals surface area contributed by atoms with Crippen molar-refractivity contribution in [3.8, 4) is 0 Å². The Balaban J connectivity index is 2.27. The third-order valence-corrected chi connectivity index (χ3v) is 4.86. The molecule has 2 N–H and O–H groups in total. The molecule has 0 saturated carbocycles. The first-order valence-electron chi connectivity index (χ1n) is 5.85. The van der Waals surface area contributed by atoms with E-state index in [0.717, 1.165) is 12.5 Å². The van der Waals surface area contributed by atoms with Gasteiger partial charge in [0, 0.05) is 6.61 Å². The molecule has 7 heteroatoms. The van der Waals surface area contributed by atoms with Gasteiger partial charge in [0.15, 0.2) is 9.84 Å². The maximum absolute atomic E-state index is 12.2. The first kappa shape index (κ1) is 13.8. The Hall–Kier alpha value is -1.60. The molecule has 2 rings (SSSR count). The number of ether oxygens (including phenoxy) is 1. The van der Waals surface area contributed by atoms with Crippen LogP contribution in [-0.2, 0) is 14.6 Å². The molecule has 6 nitrogen and oxygen atoms in total. The fraction of sp³-hybridized carbons (Fsp3) is 0.417. The summed E-state index contributed by atoms with van der Waals surface area (Å²) < 4.78 is 29.6. The quantitative estimate of drug-likeness (QED) is 0.752. The third kappa shape index (κ3) is 3.05. The van der Waals surface area contributed by atoms with Gasteiger partial charge >= 0.3 is 0 Å². The molecule has 0 amide bonds. The van der Waals surface area contributed by atoms with Gasteiger partial charge in [-0.1, -0.05) is 6.07 Å². The van der Waals surface area contributed by atoms with E-state index in [0.29, 0.717) is 13.0 Å². The van der Waals surface area contributed by atoms with E-state index >= 15 is 0 Å². The van der Waals surface area contributed by atoms with Crippen LogP contribution < -0.4 is 10.8 Å². The molecule has 1 unspecified atom stereocenters. The van der Waals surface area contributed by atoms with Gasteiger partial charge in [-0.15, -0.1) is 0 Å². The monoisotopic (exact) mass is 284 g/mol. The van der Waals surface area contributed by atoms with Crippen LogP contribution >= 0.6 is 0 Å². The summed E-state index contributed by atoms with van der Waals surface area (Å²) in [5, 5.41) is 10.7. The number of carboxylic acid groups (broad SMARTS) is 1. The summed E-state index contributed by atoms with van der Waals surface area (Å²) in [5.74, 6) is -1.53. The van der Waals surface area contributed by atoms with Crippen LogP contribution in [-0.4, -0.2) is 32.9 Å². The molecule has 1 heterocycles. The summed E-state index contributed by atoms with van der Waals surface area (Å²) in [7, 11) is -3.58. The molecule has 1 aromatic rings. The Morgan fingerprint density at radius 3 is 2.74 bits per heavy atom. The topological polar surface area (TPSA) is 110 Å². The fourth-order valence-electron chi connectivity index (χ4n) is 2.07. The van der Waals surface area contributed by atoms with Crippen LogP contribution in [0.15, 0.2) is 23.1 Å². The number of carbonyl (C=O) groups is 1. The average molecular weight is 284 g/mol. The van der Waals surface area contributed by atoms with Gasteiger partial charge in [-0.3, -0.25) is 0 Å². The molecule has 0 spiro atoms. The molecule has 0 aliphatic carbocycles. The highest BCUT2D eigenvalue weighted by atomic mass is 32.2. The summed E-state index contributed by atoms with van der Waals surface area (Å²) in [6, 6.07) is 3.47. The van der Waals surface area contributed by atoms with Crippen LogP contribution in [0.25, 0.3) is 0 Å². The van der Waals surface area contributed by atoms with E-state index in [1.807, 2.05) is 0 Å². The molecule has 104 valence electrons. The number of nitrogen functional groups attached to an aromatic ring is 1. The molecule has 1 aromatic carbocycles. The van der Waals surface area contributed by atoms with Gasteiger partial charge in [-0.25, -0.2) is 8.42 Å². The molecule has 1 aliphatic heterocycles. The van der Waals surface area contributed by atoms with Gasteiger partial charge in [0.1, 0.15) is 0 Å². The van der Waals surface area contributed by atoms with Crippen molar-refractivity contribution in [3.05, 3.63) is 23.8 Å². The molecule has 19 heavy (non-hydrogen) atoms. The molecule has 0 radical (unpaired) electrons. The Morgan fingerprint density at radius 1 is 1.47 bits per heavy atom. The van der Waals surface area contributed by atoms with Gasteiger partial charge < -0.3 is 20.4 Å². The van der Waals surface area contributed by atoms with Gasteiger partial charge in [0.25, 0.3) is 0 Å². The number of hydrogen-bond acceptors (Lipinski definition) is 6. The molecule has 0 bridgehead atoms. The average Bonchev–Trinajstić information content (AvgIpc) is 2.80. The van der Waals surface area contributed by atoms with Crippen molar-refractivity contribution in [1.82, 2.24) is 0 Å². The number of carboxylic acids is 1. The molecule has 1 saturated heterocycles. The summed E-state index contributed by atoms with van der Waals surface area (Å²) in [4.78, 5) is 10.6. The highest BCUT2D eigenvalue weighted by Crippen LogP contribution is 2.24. The fourth-order valence-corrected chi connectivity index (χ4v) is 3.69. The highest BCUT2D eigenvalue weighted by Gasteiger charge is 2.26. The Bertz CT molecular complexity index is 590. The van der Waals surface area contributed by atoms with Crippen molar-refractivity contribution in [2.75, 3.05) is 18.1 Å². The van der Waals surface area contributed by atoms with Crippen molar-refractivity contribution in [3.63, 3.8) is 0 Å². The number of rotatable bonds is 4. The number of hydrogen-bond donors (Lipinski definition) is 1. The number of nitrogens with two attached hydrogens (primary N) is 1. The number of aromatic carboxylic acids is 1. The Labute approximate surface area is 111 Å². The minimum Gasteiger partial charge on any atom is -0.545 e. The minimum absolute atomic E-state index is 0.0620. The van der Waals surface area contributed by atoms with Crippen LogP contribution in [0.1, 0.15) is 23.2 Å². The lowest BCUT2D eigenvalue weighted by Gasteiger charge is -2.13. The first-order chi connectivity index (χ1) is 8.90. The number of anilines is 1. The normalized spacial score (nSPS) is 19.5. The van der Waals surface area contributed by atoms with Crippen molar-refractivity contribution >= 4 is 21.5 Å². The molecular weight excluding hydrogens is 270 g/mol. The molecular formula is C12H14NO5S-. The minimum atomic E-state index is -3.58. The van der Waals surface area contributed by atoms with Gasteiger partial charge in [-0.05, 0) is 30.5 Å². The van der Waals surface area contributed by atoms with Gasteiger partial charge in [0.05, 0.1) is 28.4 Å². The van der Waals surface area contributed by atoms with E-state index < -0.39 is 15.8 Å². The second-order valence-corrected chi connectivity index (χ2v) is 6.46. The number of sulfone groups is 1. The SMILES string of the molecule is Nc1cc(C(=O)[O-])ccc1S(=O)(=O)CC1CCCO1.